The van der Waals surface area contributed by atoms with Gasteiger partial charge in [-0.1, -0.05) is 30.3 Å². The molecule has 1 aliphatic heterocycles. The normalized spacial score (nSPS) is 18.1. The molecule has 0 aliphatic carbocycles. The number of anilines is 1. The summed E-state index contributed by atoms with van der Waals surface area (Å²) >= 11 is 0. The molecule has 1 N–H and O–H groups in total. The molecule has 2 atom stereocenters. The molecule has 0 fully saturated rings. The maximum Gasteiger partial charge on any atom is 0.321 e. The highest BCUT2D eigenvalue weighted by Gasteiger charge is 2.48. The van der Waals surface area contributed by atoms with Gasteiger partial charge in [-0.2, -0.15) is 0 Å². The predicted octanol–water partition coefficient (Wildman–Crippen LogP) is 3.67. The number of para-hydroxylation sites is 3. The Morgan fingerprint density at radius 1 is 1.15 bits per heavy atom. The van der Waals surface area contributed by atoms with Crippen LogP contribution in [0.3, 0.4) is 0 Å². The van der Waals surface area contributed by atoms with Crippen molar-refractivity contribution in [3.05, 3.63) is 60.3 Å². The van der Waals surface area contributed by atoms with Gasteiger partial charge >= 0.3 is 5.97 Å². The van der Waals surface area contributed by atoms with E-state index in [0.29, 0.717) is 25.5 Å². The highest BCUT2D eigenvalue weighted by atomic mass is 16.5. The maximum atomic E-state index is 13.8. The topological polar surface area (TPSA) is 89.4 Å². The SMILES string of the molecule is CCOC(=O)[C@H]1C(=O)N(CCCOC)c2nc3ccccc3n2[C@@H]1c1c[nH]c2ccccc12. The summed E-state index contributed by atoms with van der Waals surface area (Å²) < 4.78 is 12.6. The molecule has 0 saturated carbocycles. The van der Waals surface area contributed by atoms with E-state index in [2.05, 4.69) is 4.98 Å². The van der Waals surface area contributed by atoms with Crippen LogP contribution in [0.15, 0.2) is 54.7 Å². The molecule has 5 rings (SSSR count). The van der Waals surface area contributed by atoms with Crippen molar-refractivity contribution in [1.29, 1.82) is 0 Å². The van der Waals surface area contributed by atoms with Gasteiger partial charge in [0.15, 0.2) is 5.92 Å². The summed E-state index contributed by atoms with van der Waals surface area (Å²) in [6.07, 6.45) is 2.51. The number of esters is 1. The quantitative estimate of drug-likeness (QED) is 0.266. The average Bonchev–Trinajstić information content (AvgIpc) is 3.42. The lowest BCUT2D eigenvalue weighted by Gasteiger charge is -2.37. The second-order valence-corrected chi connectivity index (χ2v) is 8.07. The first-order valence-electron chi connectivity index (χ1n) is 11.2. The molecule has 0 radical (unpaired) electrons. The Labute approximate surface area is 191 Å². The van der Waals surface area contributed by atoms with E-state index in [1.54, 1.807) is 18.9 Å². The average molecular weight is 447 g/mol. The number of ether oxygens (including phenoxy) is 2. The molecule has 2 aromatic heterocycles. The van der Waals surface area contributed by atoms with Crippen LogP contribution in [-0.2, 0) is 19.1 Å². The number of rotatable bonds is 7. The zero-order valence-corrected chi connectivity index (χ0v) is 18.7. The molecule has 170 valence electrons. The first-order chi connectivity index (χ1) is 16.2. The Kier molecular flexibility index (Phi) is 5.60. The molecule has 0 saturated heterocycles. The van der Waals surface area contributed by atoms with E-state index in [9.17, 15) is 9.59 Å². The number of aromatic amines is 1. The zero-order valence-electron chi connectivity index (χ0n) is 18.7. The Hall–Kier alpha value is -3.65. The highest BCUT2D eigenvalue weighted by molar-refractivity contribution is 6.09. The fourth-order valence-corrected chi connectivity index (χ4v) is 4.74. The molecule has 1 amide bonds. The molecular formula is C25H26N4O4. The number of nitrogens with zero attached hydrogens (tertiary/aromatic N) is 3. The molecular weight excluding hydrogens is 420 g/mol. The number of benzene rings is 2. The number of carbonyl (C=O) groups is 2. The lowest BCUT2D eigenvalue weighted by atomic mass is 9.89. The monoisotopic (exact) mass is 446 g/mol. The number of methoxy groups -OCH3 is 1. The smallest absolute Gasteiger partial charge is 0.321 e. The van der Waals surface area contributed by atoms with Crippen LogP contribution in [0.5, 0.6) is 0 Å². The Bertz CT molecular complexity index is 1320. The van der Waals surface area contributed by atoms with Crippen LogP contribution >= 0.6 is 0 Å². The van der Waals surface area contributed by atoms with E-state index in [1.165, 1.54) is 0 Å². The minimum atomic E-state index is -1.03. The molecule has 1 aliphatic rings. The second-order valence-electron chi connectivity index (χ2n) is 8.07. The van der Waals surface area contributed by atoms with Crippen molar-refractivity contribution in [1.82, 2.24) is 14.5 Å². The standard InChI is InChI=1S/C25H26N4O4/c1-3-33-24(31)21-22(17-15-26-18-10-5-4-9-16(17)18)29-20-12-7-6-11-19(20)27-25(29)28(23(21)30)13-8-14-32-2/h4-7,9-12,15,21-22,26H,3,8,13-14H2,1-2H3/t21-,22-/m1/s1. The Balaban J connectivity index is 1.76. The number of hydrogen-bond acceptors (Lipinski definition) is 5. The largest absolute Gasteiger partial charge is 0.465 e. The third kappa shape index (κ3) is 3.47. The molecule has 0 unspecified atom stereocenters. The van der Waals surface area contributed by atoms with Gasteiger partial charge in [0.1, 0.15) is 0 Å². The number of imidazole rings is 1. The predicted molar refractivity (Wildman–Crippen MR) is 125 cm³/mol. The van der Waals surface area contributed by atoms with E-state index in [4.69, 9.17) is 14.5 Å². The lowest BCUT2D eigenvalue weighted by Crippen LogP contribution is -2.50. The van der Waals surface area contributed by atoms with Crippen molar-refractivity contribution >= 4 is 39.8 Å². The summed E-state index contributed by atoms with van der Waals surface area (Å²) in [4.78, 5) is 36.8. The number of nitrogens with one attached hydrogen (secondary N) is 1. The summed E-state index contributed by atoms with van der Waals surface area (Å²) in [6.45, 7) is 2.84. The van der Waals surface area contributed by atoms with Gasteiger partial charge < -0.3 is 19.0 Å². The fraction of sp³-hybridized carbons (Fsp3) is 0.320. The number of H-pyrrole nitrogens is 1. The zero-order chi connectivity index (χ0) is 22.9. The summed E-state index contributed by atoms with van der Waals surface area (Å²) in [5.74, 6) is -1.33. The van der Waals surface area contributed by atoms with Crippen molar-refractivity contribution in [2.45, 2.75) is 19.4 Å². The van der Waals surface area contributed by atoms with Gasteiger partial charge in [-0.3, -0.25) is 14.5 Å². The van der Waals surface area contributed by atoms with Crippen LogP contribution in [0.25, 0.3) is 21.9 Å². The molecule has 0 spiro atoms. The molecule has 2 aromatic carbocycles. The van der Waals surface area contributed by atoms with Crippen LogP contribution < -0.4 is 4.90 Å². The lowest BCUT2D eigenvalue weighted by molar-refractivity contribution is -0.153. The first-order valence-corrected chi connectivity index (χ1v) is 11.2. The Morgan fingerprint density at radius 2 is 1.94 bits per heavy atom. The van der Waals surface area contributed by atoms with Gasteiger partial charge in [0, 0.05) is 42.9 Å². The van der Waals surface area contributed by atoms with Gasteiger partial charge in [0.2, 0.25) is 11.9 Å². The minimum Gasteiger partial charge on any atom is -0.465 e. The summed E-state index contributed by atoms with van der Waals surface area (Å²) in [7, 11) is 1.63. The van der Waals surface area contributed by atoms with E-state index in [0.717, 1.165) is 27.5 Å². The van der Waals surface area contributed by atoms with Crippen molar-refractivity contribution < 1.29 is 19.1 Å². The highest BCUT2D eigenvalue weighted by Crippen LogP contribution is 2.43. The number of aromatic nitrogens is 3. The van der Waals surface area contributed by atoms with Crippen LogP contribution in [-0.4, -0.2) is 53.3 Å². The number of amides is 1. The van der Waals surface area contributed by atoms with E-state index in [-0.39, 0.29) is 12.5 Å². The second kappa shape index (κ2) is 8.71. The van der Waals surface area contributed by atoms with Gasteiger partial charge in [0.05, 0.1) is 23.7 Å². The summed E-state index contributed by atoms with van der Waals surface area (Å²) in [6, 6.07) is 15.0. The van der Waals surface area contributed by atoms with Crippen LogP contribution in [0.4, 0.5) is 5.95 Å². The van der Waals surface area contributed by atoms with E-state index < -0.39 is 17.9 Å². The third-order valence-corrected chi connectivity index (χ3v) is 6.16. The molecule has 8 nitrogen and oxygen atoms in total. The maximum absolute atomic E-state index is 13.8. The molecule has 0 bridgehead atoms. The number of hydrogen-bond donors (Lipinski definition) is 1. The fourth-order valence-electron chi connectivity index (χ4n) is 4.74. The number of fused-ring (bicyclic) bond motifs is 4. The minimum absolute atomic E-state index is 0.199. The molecule has 4 aromatic rings. The molecule has 33 heavy (non-hydrogen) atoms. The van der Waals surface area contributed by atoms with E-state index >= 15 is 0 Å². The van der Waals surface area contributed by atoms with Gasteiger partial charge in [0.25, 0.3) is 0 Å². The van der Waals surface area contributed by atoms with Crippen LogP contribution in [0, 0.1) is 5.92 Å². The van der Waals surface area contributed by atoms with Crippen molar-refractivity contribution in [3.8, 4) is 0 Å². The third-order valence-electron chi connectivity index (χ3n) is 6.16. The van der Waals surface area contributed by atoms with Crippen molar-refractivity contribution in [3.63, 3.8) is 0 Å². The van der Waals surface area contributed by atoms with Gasteiger partial charge in [-0.25, -0.2) is 4.98 Å². The summed E-state index contributed by atoms with van der Waals surface area (Å²) in [5, 5.41) is 0.959. The van der Waals surface area contributed by atoms with Gasteiger partial charge in [-0.05, 0) is 31.5 Å². The van der Waals surface area contributed by atoms with Crippen LogP contribution in [0.2, 0.25) is 0 Å². The van der Waals surface area contributed by atoms with Crippen molar-refractivity contribution in [2.24, 2.45) is 5.92 Å². The van der Waals surface area contributed by atoms with E-state index in [1.807, 2.05) is 59.3 Å². The number of carbonyl (C=O) groups excluding carboxylic acids is 2. The Morgan fingerprint density at radius 3 is 2.76 bits per heavy atom. The summed E-state index contributed by atoms with van der Waals surface area (Å²) in [5.41, 5.74) is 3.43. The van der Waals surface area contributed by atoms with Crippen LogP contribution in [0.1, 0.15) is 24.9 Å². The first kappa shape index (κ1) is 21.2. The molecule has 3 heterocycles. The molecule has 8 heteroatoms. The van der Waals surface area contributed by atoms with Gasteiger partial charge in [-0.15, -0.1) is 0 Å². The van der Waals surface area contributed by atoms with Crippen molar-refractivity contribution in [2.75, 3.05) is 31.8 Å².